The van der Waals surface area contributed by atoms with Gasteiger partial charge in [-0.15, -0.1) is 0 Å². The monoisotopic (exact) mass is 272 g/mol. The summed E-state index contributed by atoms with van der Waals surface area (Å²) >= 11 is 0. The van der Waals surface area contributed by atoms with Gasteiger partial charge in [-0.25, -0.2) is 4.98 Å². The zero-order chi connectivity index (χ0) is 13.9. The van der Waals surface area contributed by atoms with Gasteiger partial charge in [-0.1, -0.05) is 11.2 Å². The summed E-state index contributed by atoms with van der Waals surface area (Å²) in [6, 6.07) is 7.59. The molecule has 6 heteroatoms. The van der Waals surface area contributed by atoms with E-state index in [9.17, 15) is 4.79 Å². The molecule has 0 spiro atoms. The summed E-state index contributed by atoms with van der Waals surface area (Å²) < 4.78 is 4.91. The van der Waals surface area contributed by atoms with Crippen LogP contribution in [0.15, 0.2) is 35.0 Å². The van der Waals surface area contributed by atoms with Crippen LogP contribution in [0.1, 0.15) is 22.7 Å². The molecule has 0 saturated carbocycles. The highest BCUT2D eigenvalue weighted by molar-refractivity contribution is 5.92. The summed E-state index contributed by atoms with van der Waals surface area (Å²) in [6.45, 7) is 3.42. The van der Waals surface area contributed by atoms with E-state index in [0.717, 1.165) is 25.3 Å². The van der Waals surface area contributed by atoms with E-state index in [1.54, 1.807) is 19.2 Å². The Hall–Kier alpha value is -2.37. The van der Waals surface area contributed by atoms with E-state index in [1.165, 1.54) is 0 Å². The minimum atomic E-state index is -0.185. The van der Waals surface area contributed by atoms with E-state index in [2.05, 4.69) is 20.4 Å². The predicted molar refractivity (Wildman–Crippen MR) is 73.6 cm³/mol. The molecule has 1 N–H and O–H groups in total. The Morgan fingerprint density at radius 2 is 2.40 bits per heavy atom. The highest BCUT2D eigenvalue weighted by atomic mass is 16.5. The Kier molecular flexibility index (Phi) is 3.37. The summed E-state index contributed by atoms with van der Waals surface area (Å²) in [4.78, 5) is 18.5. The van der Waals surface area contributed by atoms with Crippen LogP contribution < -0.4 is 10.2 Å². The third-order valence-corrected chi connectivity index (χ3v) is 3.36. The number of anilines is 1. The lowest BCUT2D eigenvalue weighted by molar-refractivity contribution is 0.0931. The lowest BCUT2D eigenvalue weighted by Gasteiger charge is -2.17. The maximum absolute atomic E-state index is 12.0. The molecule has 1 amide bonds. The average molecular weight is 272 g/mol. The van der Waals surface area contributed by atoms with Gasteiger partial charge in [0.15, 0.2) is 5.69 Å². The Morgan fingerprint density at radius 3 is 3.10 bits per heavy atom. The zero-order valence-corrected chi connectivity index (χ0v) is 11.2. The standard InChI is InChI=1S/C14H16N4O2/c1-10-8-12(17-20-10)14(19)16-11-5-7-18(9-11)13-4-2-3-6-15-13/h2-4,6,8,11H,5,7,9H2,1H3,(H,16,19). The number of nitrogens with one attached hydrogen (secondary N) is 1. The Bertz CT molecular complexity index is 596. The van der Waals surface area contributed by atoms with Crippen molar-refractivity contribution in [3.05, 3.63) is 41.9 Å². The van der Waals surface area contributed by atoms with Gasteiger partial charge in [-0.2, -0.15) is 0 Å². The second kappa shape index (κ2) is 5.32. The smallest absolute Gasteiger partial charge is 0.273 e. The molecule has 1 aliphatic rings. The fourth-order valence-corrected chi connectivity index (χ4v) is 2.36. The van der Waals surface area contributed by atoms with E-state index in [1.807, 2.05) is 18.2 Å². The fourth-order valence-electron chi connectivity index (χ4n) is 2.36. The van der Waals surface area contributed by atoms with Gasteiger partial charge < -0.3 is 14.7 Å². The van der Waals surface area contributed by atoms with Crippen molar-refractivity contribution in [3.63, 3.8) is 0 Å². The van der Waals surface area contributed by atoms with Crippen LogP contribution in [0.2, 0.25) is 0 Å². The first-order valence-corrected chi connectivity index (χ1v) is 6.62. The van der Waals surface area contributed by atoms with E-state index in [0.29, 0.717) is 11.5 Å². The van der Waals surface area contributed by atoms with Gasteiger partial charge in [-0.3, -0.25) is 4.79 Å². The summed E-state index contributed by atoms with van der Waals surface area (Å²) in [7, 11) is 0. The first-order chi connectivity index (χ1) is 9.72. The summed E-state index contributed by atoms with van der Waals surface area (Å²) in [5.74, 6) is 1.40. The van der Waals surface area contributed by atoms with Crippen LogP contribution in [0.4, 0.5) is 5.82 Å². The molecule has 1 unspecified atom stereocenters. The quantitative estimate of drug-likeness (QED) is 0.914. The van der Waals surface area contributed by atoms with Gasteiger partial charge in [0.25, 0.3) is 5.91 Å². The molecule has 2 aromatic heterocycles. The van der Waals surface area contributed by atoms with Crippen LogP contribution in [0.5, 0.6) is 0 Å². The minimum absolute atomic E-state index is 0.113. The maximum atomic E-state index is 12.0. The molecule has 0 radical (unpaired) electrons. The van der Waals surface area contributed by atoms with Crippen LogP contribution in [0.25, 0.3) is 0 Å². The number of nitrogens with zero attached hydrogens (tertiary/aromatic N) is 3. The highest BCUT2D eigenvalue weighted by Crippen LogP contribution is 2.17. The molecule has 0 aromatic carbocycles. The highest BCUT2D eigenvalue weighted by Gasteiger charge is 2.25. The second-order valence-electron chi connectivity index (χ2n) is 4.92. The number of carbonyl (C=O) groups is 1. The maximum Gasteiger partial charge on any atom is 0.273 e. The normalized spacial score (nSPS) is 18.2. The molecule has 3 rings (SSSR count). The first kappa shape index (κ1) is 12.7. The molecule has 1 atom stereocenters. The van der Waals surface area contributed by atoms with Crippen LogP contribution in [0.3, 0.4) is 0 Å². The van der Waals surface area contributed by atoms with Gasteiger partial charge in [0.05, 0.1) is 0 Å². The number of pyridine rings is 1. The van der Waals surface area contributed by atoms with Crippen molar-refractivity contribution in [2.24, 2.45) is 0 Å². The zero-order valence-electron chi connectivity index (χ0n) is 11.2. The summed E-state index contributed by atoms with van der Waals surface area (Å²) in [5, 5.41) is 6.70. The van der Waals surface area contributed by atoms with Crippen LogP contribution >= 0.6 is 0 Å². The predicted octanol–water partition coefficient (Wildman–Crippen LogP) is 1.39. The third kappa shape index (κ3) is 2.64. The molecule has 1 saturated heterocycles. The van der Waals surface area contributed by atoms with Crippen LogP contribution in [-0.2, 0) is 0 Å². The van der Waals surface area contributed by atoms with Crippen molar-refractivity contribution >= 4 is 11.7 Å². The largest absolute Gasteiger partial charge is 0.361 e. The van der Waals surface area contributed by atoms with Crippen LogP contribution in [-0.4, -0.2) is 35.2 Å². The van der Waals surface area contributed by atoms with Gasteiger partial charge in [-0.05, 0) is 25.5 Å². The molecule has 0 aliphatic carbocycles. The van der Waals surface area contributed by atoms with Crippen molar-refractivity contribution in [1.82, 2.24) is 15.5 Å². The first-order valence-electron chi connectivity index (χ1n) is 6.62. The second-order valence-corrected chi connectivity index (χ2v) is 4.92. The molecule has 20 heavy (non-hydrogen) atoms. The van der Waals surface area contributed by atoms with Crippen molar-refractivity contribution in [1.29, 1.82) is 0 Å². The average Bonchev–Trinajstić information content (AvgIpc) is 3.09. The third-order valence-electron chi connectivity index (χ3n) is 3.36. The lowest BCUT2D eigenvalue weighted by Crippen LogP contribution is -2.37. The minimum Gasteiger partial charge on any atom is -0.361 e. The van der Waals surface area contributed by atoms with E-state index in [-0.39, 0.29) is 11.9 Å². The van der Waals surface area contributed by atoms with Gasteiger partial charge in [0.1, 0.15) is 11.6 Å². The van der Waals surface area contributed by atoms with E-state index >= 15 is 0 Å². The number of aromatic nitrogens is 2. The van der Waals surface area contributed by atoms with Crippen molar-refractivity contribution in [2.75, 3.05) is 18.0 Å². The number of aryl methyl sites for hydroxylation is 1. The van der Waals surface area contributed by atoms with E-state index in [4.69, 9.17) is 4.52 Å². The van der Waals surface area contributed by atoms with Crippen molar-refractivity contribution in [3.8, 4) is 0 Å². The van der Waals surface area contributed by atoms with Crippen molar-refractivity contribution < 1.29 is 9.32 Å². The Labute approximate surface area is 116 Å². The summed E-state index contributed by atoms with van der Waals surface area (Å²) in [6.07, 6.45) is 2.68. The van der Waals surface area contributed by atoms with E-state index < -0.39 is 0 Å². The Balaban J connectivity index is 1.59. The summed E-state index contributed by atoms with van der Waals surface area (Å²) in [5.41, 5.74) is 0.332. The van der Waals surface area contributed by atoms with Crippen LogP contribution in [0, 0.1) is 6.92 Å². The molecule has 1 aliphatic heterocycles. The van der Waals surface area contributed by atoms with Gasteiger partial charge in [0, 0.05) is 31.4 Å². The topological polar surface area (TPSA) is 71.3 Å². The molecule has 3 heterocycles. The SMILES string of the molecule is Cc1cc(C(=O)NC2CCN(c3ccccn3)C2)no1. The fraction of sp³-hybridized carbons (Fsp3) is 0.357. The lowest BCUT2D eigenvalue weighted by atomic mass is 10.2. The number of rotatable bonds is 3. The van der Waals surface area contributed by atoms with Gasteiger partial charge >= 0.3 is 0 Å². The molecule has 2 aromatic rings. The molecule has 104 valence electrons. The molecular formula is C14H16N4O2. The molecule has 1 fully saturated rings. The number of amides is 1. The van der Waals surface area contributed by atoms with Gasteiger partial charge in [0.2, 0.25) is 0 Å². The number of hydrogen-bond acceptors (Lipinski definition) is 5. The molecule has 0 bridgehead atoms. The van der Waals surface area contributed by atoms with Crippen molar-refractivity contribution in [2.45, 2.75) is 19.4 Å². The molecular weight excluding hydrogens is 256 g/mol. The number of hydrogen-bond donors (Lipinski definition) is 1. The Morgan fingerprint density at radius 1 is 1.50 bits per heavy atom. The molecule has 6 nitrogen and oxygen atoms in total. The number of carbonyl (C=O) groups excluding carboxylic acids is 1.